The van der Waals surface area contributed by atoms with Crippen molar-refractivity contribution in [2.24, 2.45) is 0 Å². The number of nitrogen functional groups attached to an aromatic ring is 1. The van der Waals surface area contributed by atoms with Crippen LogP contribution in [0.2, 0.25) is 0 Å². The third-order valence-corrected chi connectivity index (χ3v) is 2.98. The Hall–Kier alpha value is -0.640. The average Bonchev–Trinajstić information content (AvgIpc) is 2.44. The van der Waals surface area contributed by atoms with Gasteiger partial charge in [0.05, 0.1) is 0 Å². The van der Waals surface area contributed by atoms with Crippen LogP contribution in [0.5, 0.6) is 0 Å². The standard InChI is InChI=1S/C12H19N3.2ClH/c1-14-7-2-8-15(10-9-14)12-5-3-11(13)4-6-12;;/h3-6H,2,7-10,13H2,1H3;2*1H. The topological polar surface area (TPSA) is 32.5 Å². The molecule has 0 amide bonds. The summed E-state index contributed by atoms with van der Waals surface area (Å²) in [6, 6.07) is 8.18. The molecule has 0 radical (unpaired) electrons. The minimum atomic E-state index is 0. The first-order valence-electron chi connectivity index (χ1n) is 5.55. The van der Waals surface area contributed by atoms with E-state index in [1.165, 1.54) is 18.7 Å². The Morgan fingerprint density at radius 1 is 0.941 bits per heavy atom. The molecule has 1 aliphatic heterocycles. The van der Waals surface area contributed by atoms with Gasteiger partial charge in [0.1, 0.15) is 0 Å². The summed E-state index contributed by atoms with van der Waals surface area (Å²) in [7, 11) is 2.19. The SMILES string of the molecule is CN1CCCN(c2ccc(N)cc2)CC1.Cl.Cl. The third-order valence-electron chi connectivity index (χ3n) is 2.98. The minimum Gasteiger partial charge on any atom is -0.399 e. The monoisotopic (exact) mass is 277 g/mol. The Morgan fingerprint density at radius 2 is 1.59 bits per heavy atom. The van der Waals surface area contributed by atoms with Gasteiger partial charge in [-0.2, -0.15) is 0 Å². The van der Waals surface area contributed by atoms with E-state index in [1.807, 2.05) is 12.1 Å². The van der Waals surface area contributed by atoms with Gasteiger partial charge in [0, 0.05) is 31.0 Å². The van der Waals surface area contributed by atoms with Crippen LogP contribution in [0.15, 0.2) is 24.3 Å². The normalized spacial score (nSPS) is 16.6. The second kappa shape index (κ2) is 7.64. The number of nitrogens with zero attached hydrogens (tertiary/aromatic N) is 2. The van der Waals surface area contributed by atoms with Crippen molar-refractivity contribution in [3.8, 4) is 0 Å². The van der Waals surface area contributed by atoms with Crippen molar-refractivity contribution in [3.63, 3.8) is 0 Å². The molecule has 1 aromatic carbocycles. The third kappa shape index (κ3) is 4.62. The molecule has 0 atom stereocenters. The molecule has 3 nitrogen and oxygen atoms in total. The molecule has 0 aliphatic carbocycles. The maximum Gasteiger partial charge on any atom is 0.0368 e. The number of likely N-dealkylation sites (N-methyl/N-ethyl adjacent to an activating group) is 1. The van der Waals surface area contributed by atoms with Crippen LogP contribution in [0.25, 0.3) is 0 Å². The summed E-state index contributed by atoms with van der Waals surface area (Å²) in [5.41, 5.74) is 7.81. The summed E-state index contributed by atoms with van der Waals surface area (Å²) in [4.78, 5) is 4.82. The highest BCUT2D eigenvalue weighted by Gasteiger charge is 2.11. The molecule has 2 N–H and O–H groups in total. The number of benzene rings is 1. The molecule has 5 heteroatoms. The molecule has 1 aliphatic rings. The summed E-state index contributed by atoms with van der Waals surface area (Å²) < 4.78 is 0. The molecule has 1 heterocycles. The van der Waals surface area contributed by atoms with Crippen LogP contribution in [-0.4, -0.2) is 38.1 Å². The fourth-order valence-electron chi connectivity index (χ4n) is 1.99. The zero-order valence-corrected chi connectivity index (χ0v) is 11.8. The summed E-state index contributed by atoms with van der Waals surface area (Å²) in [6.45, 7) is 4.60. The van der Waals surface area contributed by atoms with Gasteiger partial charge in [0.25, 0.3) is 0 Å². The number of rotatable bonds is 1. The number of halogens is 2. The number of hydrogen-bond acceptors (Lipinski definition) is 3. The molecular formula is C12H21Cl2N3. The van der Waals surface area contributed by atoms with Gasteiger partial charge in [-0.05, 0) is 44.3 Å². The van der Waals surface area contributed by atoms with E-state index in [1.54, 1.807) is 0 Å². The van der Waals surface area contributed by atoms with E-state index in [0.717, 1.165) is 25.3 Å². The van der Waals surface area contributed by atoms with E-state index in [0.29, 0.717) is 0 Å². The van der Waals surface area contributed by atoms with Gasteiger partial charge in [-0.25, -0.2) is 0 Å². The van der Waals surface area contributed by atoms with Crippen LogP contribution in [0.1, 0.15) is 6.42 Å². The highest BCUT2D eigenvalue weighted by atomic mass is 35.5. The Kier molecular flexibility index (Phi) is 7.35. The predicted octanol–water partition coefficient (Wildman–Crippen LogP) is 2.25. The lowest BCUT2D eigenvalue weighted by Crippen LogP contribution is -2.28. The lowest BCUT2D eigenvalue weighted by molar-refractivity contribution is 0.360. The van der Waals surface area contributed by atoms with Crippen molar-refractivity contribution in [3.05, 3.63) is 24.3 Å². The van der Waals surface area contributed by atoms with Crippen LogP contribution in [0.4, 0.5) is 11.4 Å². The molecule has 0 saturated carbocycles. The van der Waals surface area contributed by atoms with Gasteiger partial charge in [0.15, 0.2) is 0 Å². The van der Waals surface area contributed by atoms with Crippen molar-refractivity contribution in [1.29, 1.82) is 0 Å². The van der Waals surface area contributed by atoms with Crippen molar-refractivity contribution < 1.29 is 0 Å². The molecule has 1 saturated heterocycles. The smallest absolute Gasteiger partial charge is 0.0368 e. The second-order valence-electron chi connectivity index (χ2n) is 4.24. The molecule has 0 bridgehead atoms. The zero-order chi connectivity index (χ0) is 10.7. The first-order chi connectivity index (χ1) is 7.25. The highest BCUT2D eigenvalue weighted by molar-refractivity contribution is 5.85. The van der Waals surface area contributed by atoms with Crippen LogP contribution < -0.4 is 10.6 Å². The molecule has 98 valence electrons. The van der Waals surface area contributed by atoms with E-state index in [-0.39, 0.29) is 24.8 Å². The van der Waals surface area contributed by atoms with Crippen LogP contribution in [-0.2, 0) is 0 Å². The number of nitrogens with two attached hydrogens (primary N) is 1. The van der Waals surface area contributed by atoms with Gasteiger partial charge < -0.3 is 15.5 Å². The fraction of sp³-hybridized carbons (Fsp3) is 0.500. The lowest BCUT2D eigenvalue weighted by atomic mass is 10.2. The first kappa shape index (κ1) is 16.4. The van der Waals surface area contributed by atoms with Crippen LogP contribution >= 0.6 is 24.8 Å². The van der Waals surface area contributed by atoms with Crippen molar-refractivity contribution in [1.82, 2.24) is 4.90 Å². The highest BCUT2D eigenvalue weighted by Crippen LogP contribution is 2.17. The van der Waals surface area contributed by atoms with Crippen LogP contribution in [0.3, 0.4) is 0 Å². The number of anilines is 2. The second-order valence-corrected chi connectivity index (χ2v) is 4.24. The number of hydrogen-bond donors (Lipinski definition) is 1. The van der Waals surface area contributed by atoms with E-state index >= 15 is 0 Å². The van der Waals surface area contributed by atoms with Crippen LogP contribution in [0, 0.1) is 0 Å². The minimum absolute atomic E-state index is 0. The Labute approximate surface area is 116 Å². The summed E-state index contributed by atoms with van der Waals surface area (Å²) >= 11 is 0. The lowest BCUT2D eigenvalue weighted by Gasteiger charge is -2.22. The van der Waals surface area contributed by atoms with Gasteiger partial charge in [-0.1, -0.05) is 0 Å². The maximum atomic E-state index is 5.68. The Balaban J connectivity index is 0.00000128. The van der Waals surface area contributed by atoms with E-state index in [9.17, 15) is 0 Å². The van der Waals surface area contributed by atoms with Gasteiger partial charge in [0.2, 0.25) is 0 Å². The molecule has 1 aromatic rings. The quantitative estimate of drug-likeness (QED) is 0.800. The molecule has 0 aromatic heterocycles. The largest absolute Gasteiger partial charge is 0.399 e. The first-order valence-corrected chi connectivity index (χ1v) is 5.55. The zero-order valence-electron chi connectivity index (χ0n) is 10.1. The Bertz CT molecular complexity index is 316. The molecular weight excluding hydrogens is 257 g/mol. The van der Waals surface area contributed by atoms with Gasteiger partial charge in [-0.3, -0.25) is 0 Å². The maximum absolute atomic E-state index is 5.68. The van der Waals surface area contributed by atoms with Crippen molar-refractivity contribution in [2.45, 2.75) is 6.42 Å². The van der Waals surface area contributed by atoms with E-state index in [4.69, 9.17) is 5.73 Å². The molecule has 0 unspecified atom stereocenters. The summed E-state index contributed by atoms with van der Waals surface area (Å²) in [5, 5.41) is 0. The summed E-state index contributed by atoms with van der Waals surface area (Å²) in [5.74, 6) is 0. The fourth-order valence-corrected chi connectivity index (χ4v) is 1.99. The van der Waals surface area contributed by atoms with Gasteiger partial charge in [-0.15, -0.1) is 24.8 Å². The Morgan fingerprint density at radius 3 is 2.24 bits per heavy atom. The van der Waals surface area contributed by atoms with Gasteiger partial charge >= 0.3 is 0 Å². The molecule has 0 spiro atoms. The van der Waals surface area contributed by atoms with Crippen molar-refractivity contribution in [2.75, 3.05) is 43.9 Å². The molecule has 17 heavy (non-hydrogen) atoms. The molecule has 1 fully saturated rings. The van der Waals surface area contributed by atoms with Crippen molar-refractivity contribution >= 4 is 36.2 Å². The summed E-state index contributed by atoms with van der Waals surface area (Å²) in [6.07, 6.45) is 1.24. The van der Waals surface area contributed by atoms with E-state index < -0.39 is 0 Å². The predicted molar refractivity (Wildman–Crippen MR) is 79.7 cm³/mol. The molecule has 2 rings (SSSR count). The van der Waals surface area contributed by atoms with E-state index in [2.05, 4.69) is 29.0 Å². The average molecular weight is 278 g/mol.